The molecule has 0 aromatic heterocycles. The summed E-state index contributed by atoms with van der Waals surface area (Å²) in [5.41, 5.74) is 6.57. The Morgan fingerprint density at radius 2 is 2.00 bits per heavy atom. The van der Waals surface area contributed by atoms with Crippen LogP contribution in [0.3, 0.4) is 0 Å². The Morgan fingerprint density at radius 3 is 2.55 bits per heavy atom. The maximum atomic E-state index is 13.2. The van der Waals surface area contributed by atoms with E-state index in [4.69, 9.17) is 19.5 Å². The molecule has 0 amide bonds. The molecule has 1 atom stereocenters. The van der Waals surface area contributed by atoms with Gasteiger partial charge in [-0.25, -0.2) is 0 Å². The van der Waals surface area contributed by atoms with Gasteiger partial charge < -0.3 is 19.5 Å². The lowest BCUT2D eigenvalue weighted by Crippen LogP contribution is -2.22. The molecule has 0 radical (unpaired) electrons. The van der Waals surface area contributed by atoms with Crippen LogP contribution < -0.4 is 10.5 Å². The number of rotatable bonds is 5. The molecule has 7 heteroatoms. The highest BCUT2D eigenvalue weighted by molar-refractivity contribution is 7.54. The standard InChI is InChI=1S/C15H19N2O4P/c1-4-19-22(18,20-5-2)14-11-8-10(3)6-7-13(11)21-15(17)12(14)9-16/h6-8,14H,4-5,17H2,1-3H3. The number of aryl methyl sites for hydroxylation is 1. The number of hydrogen-bond acceptors (Lipinski definition) is 6. The topological polar surface area (TPSA) is 94.6 Å². The monoisotopic (exact) mass is 322 g/mol. The van der Waals surface area contributed by atoms with E-state index in [1.807, 2.05) is 25.1 Å². The number of nitriles is 1. The minimum atomic E-state index is -3.60. The van der Waals surface area contributed by atoms with E-state index in [2.05, 4.69) is 0 Å². The third kappa shape index (κ3) is 2.89. The van der Waals surface area contributed by atoms with E-state index in [1.165, 1.54) is 0 Å². The van der Waals surface area contributed by atoms with E-state index >= 15 is 0 Å². The number of benzene rings is 1. The van der Waals surface area contributed by atoms with Crippen LogP contribution in [0.5, 0.6) is 5.75 Å². The molecule has 1 heterocycles. The molecule has 0 saturated carbocycles. The van der Waals surface area contributed by atoms with Gasteiger partial charge >= 0.3 is 7.60 Å². The lowest BCUT2D eigenvalue weighted by molar-refractivity contribution is 0.213. The van der Waals surface area contributed by atoms with Crippen molar-refractivity contribution in [2.24, 2.45) is 5.73 Å². The largest absolute Gasteiger partial charge is 0.440 e. The SMILES string of the molecule is CCOP(=O)(OCC)C1C(C#N)=C(N)Oc2ccc(C)cc21. The highest BCUT2D eigenvalue weighted by Gasteiger charge is 2.45. The molecule has 2 rings (SSSR count). The van der Waals surface area contributed by atoms with E-state index in [9.17, 15) is 9.83 Å². The first-order valence-electron chi connectivity index (χ1n) is 7.03. The van der Waals surface area contributed by atoms with Crippen molar-refractivity contribution in [3.63, 3.8) is 0 Å². The van der Waals surface area contributed by atoms with Crippen molar-refractivity contribution in [1.29, 1.82) is 5.26 Å². The molecule has 0 saturated heterocycles. The van der Waals surface area contributed by atoms with E-state index < -0.39 is 13.3 Å². The molecule has 1 aliphatic heterocycles. The summed E-state index contributed by atoms with van der Waals surface area (Å²) in [6, 6.07) is 7.39. The van der Waals surface area contributed by atoms with Crippen LogP contribution in [0.4, 0.5) is 0 Å². The second-order valence-corrected chi connectivity index (χ2v) is 6.92. The summed E-state index contributed by atoms with van der Waals surface area (Å²) in [7, 11) is -3.60. The number of ether oxygens (including phenoxy) is 1. The fourth-order valence-electron chi connectivity index (χ4n) is 2.43. The number of fused-ring (bicyclic) bond motifs is 1. The Bertz CT molecular complexity index is 683. The van der Waals surface area contributed by atoms with E-state index in [-0.39, 0.29) is 24.7 Å². The van der Waals surface area contributed by atoms with Gasteiger partial charge in [-0.05, 0) is 26.8 Å². The van der Waals surface area contributed by atoms with Crippen molar-refractivity contribution >= 4 is 7.60 Å². The Hall–Kier alpha value is -1.80. The molecule has 0 spiro atoms. The molecule has 22 heavy (non-hydrogen) atoms. The summed E-state index contributed by atoms with van der Waals surface area (Å²) < 4.78 is 29.5. The van der Waals surface area contributed by atoms with E-state index in [1.54, 1.807) is 19.9 Å². The van der Waals surface area contributed by atoms with Crippen LogP contribution in [0.25, 0.3) is 0 Å². The van der Waals surface area contributed by atoms with Gasteiger partial charge in [0.25, 0.3) is 0 Å². The first-order valence-corrected chi connectivity index (χ1v) is 8.65. The first-order chi connectivity index (χ1) is 10.5. The van der Waals surface area contributed by atoms with Crippen LogP contribution in [0.15, 0.2) is 29.7 Å². The van der Waals surface area contributed by atoms with Crippen molar-refractivity contribution in [2.45, 2.75) is 26.4 Å². The Morgan fingerprint density at radius 1 is 1.36 bits per heavy atom. The Balaban J connectivity index is 2.67. The summed E-state index contributed by atoms with van der Waals surface area (Å²) in [6.45, 7) is 5.75. The molecule has 1 aromatic carbocycles. The van der Waals surface area contributed by atoms with E-state index in [0.717, 1.165) is 5.56 Å². The number of nitrogens with zero attached hydrogens (tertiary/aromatic N) is 1. The fourth-order valence-corrected chi connectivity index (χ4v) is 4.57. The lowest BCUT2D eigenvalue weighted by Gasteiger charge is -2.31. The normalized spacial score (nSPS) is 17.6. The van der Waals surface area contributed by atoms with Gasteiger partial charge in [0.1, 0.15) is 23.1 Å². The first kappa shape index (κ1) is 16.6. The molecule has 6 nitrogen and oxygen atoms in total. The second kappa shape index (κ2) is 6.53. The summed E-state index contributed by atoms with van der Waals surface area (Å²) in [5, 5.41) is 9.43. The van der Waals surface area contributed by atoms with Crippen molar-refractivity contribution in [1.82, 2.24) is 0 Å². The van der Waals surface area contributed by atoms with Gasteiger partial charge in [-0.2, -0.15) is 5.26 Å². The molecule has 0 bridgehead atoms. The summed E-state index contributed by atoms with van der Waals surface area (Å²) >= 11 is 0. The van der Waals surface area contributed by atoms with Gasteiger partial charge in [0, 0.05) is 5.56 Å². The average molecular weight is 322 g/mol. The van der Waals surface area contributed by atoms with Gasteiger partial charge in [0.05, 0.1) is 13.2 Å². The van der Waals surface area contributed by atoms with Gasteiger partial charge in [-0.1, -0.05) is 17.7 Å². The minimum Gasteiger partial charge on any atom is -0.440 e. The Kier molecular flexibility index (Phi) is 4.92. The molecular weight excluding hydrogens is 303 g/mol. The van der Waals surface area contributed by atoms with Crippen LogP contribution in [-0.4, -0.2) is 13.2 Å². The number of nitrogens with two attached hydrogens (primary N) is 1. The predicted octanol–water partition coefficient (Wildman–Crippen LogP) is 3.39. The third-order valence-corrected chi connectivity index (χ3v) is 5.68. The van der Waals surface area contributed by atoms with Crippen LogP contribution in [0, 0.1) is 18.3 Å². The van der Waals surface area contributed by atoms with Crippen LogP contribution in [0.1, 0.15) is 30.6 Å². The van der Waals surface area contributed by atoms with Gasteiger partial charge in [-0.15, -0.1) is 0 Å². The molecule has 2 N–H and O–H groups in total. The van der Waals surface area contributed by atoms with Gasteiger partial charge in [-0.3, -0.25) is 4.57 Å². The number of hydrogen-bond donors (Lipinski definition) is 1. The molecule has 0 fully saturated rings. The summed E-state index contributed by atoms with van der Waals surface area (Å²) in [6.07, 6.45) is 0. The van der Waals surface area contributed by atoms with Crippen LogP contribution >= 0.6 is 7.60 Å². The molecule has 0 aliphatic carbocycles. The molecule has 118 valence electrons. The van der Waals surface area contributed by atoms with Crippen molar-refractivity contribution in [3.8, 4) is 11.8 Å². The molecule has 1 aromatic rings. The fraction of sp³-hybridized carbons (Fsp3) is 0.400. The third-order valence-electron chi connectivity index (χ3n) is 3.27. The quantitative estimate of drug-likeness (QED) is 0.835. The van der Waals surface area contributed by atoms with Crippen molar-refractivity contribution in [2.75, 3.05) is 13.2 Å². The van der Waals surface area contributed by atoms with Crippen LogP contribution in [-0.2, 0) is 13.6 Å². The highest BCUT2D eigenvalue weighted by Crippen LogP contribution is 2.66. The molecular formula is C15H19N2O4P. The maximum Gasteiger partial charge on any atom is 0.343 e. The smallest absolute Gasteiger partial charge is 0.343 e. The zero-order valence-electron chi connectivity index (χ0n) is 12.8. The van der Waals surface area contributed by atoms with Crippen LogP contribution in [0.2, 0.25) is 0 Å². The van der Waals surface area contributed by atoms with Gasteiger partial charge in [0.15, 0.2) is 0 Å². The zero-order chi connectivity index (χ0) is 16.3. The molecule has 1 aliphatic rings. The zero-order valence-corrected chi connectivity index (χ0v) is 13.7. The maximum absolute atomic E-state index is 13.2. The second-order valence-electron chi connectivity index (χ2n) is 4.81. The van der Waals surface area contributed by atoms with Gasteiger partial charge in [0.2, 0.25) is 5.88 Å². The van der Waals surface area contributed by atoms with E-state index in [0.29, 0.717) is 11.3 Å². The number of allylic oxidation sites excluding steroid dienone is 1. The lowest BCUT2D eigenvalue weighted by atomic mass is 10.0. The van der Waals surface area contributed by atoms with Crippen molar-refractivity contribution in [3.05, 3.63) is 40.8 Å². The molecule has 1 unspecified atom stereocenters. The van der Waals surface area contributed by atoms with Crippen molar-refractivity contribution < 1.29 is 18.3 Å². The Labute approximate surface area is 130 Å². The summed E-state index contributed by atoms with van der Waals surface area (Å²) in [5.74, 6) is 0.398. The predicted molar refractivity (Wildman–Crippen MR) is 82.2 cm³/mol. The highest BCUT2D eigenvalue weighted by atomic mass is 31.2. The average Bonchev–Trinajstić information content (AvgIpc) is 2.46. The minimum absolute atomic E-state index is 0.0662. The summed E-state index contributed by atoms with van der Waals surface area (Å²) in [4.78, 5) is 0.